The fraction of sp³-hybridized carbons (Fsp3) is 0.744. The van der Waals surface area contributed by atoms with Crippen LogP contribution < -0.4 is 0 Å². The summed E-state index contributed by atoms with van der Waals surface area (Å²) in [5.74, 6) is -1.36. The van der Waals surface area contributed by atoms with Crippen LogP contribution in [0.1, 0.15) is 336 Å². The van der Waals surface area contributed by atoms with Crippen LogP contribution in [-0.2, 0) is 42.9 Å². The Bertz CT molecular complexity index is 1710. The molecule has 0 saturated carbocycles. The number of hydrogen-bond acceptors (Lipinski definition) is 9. The molecule has 0 aliphatic carbocycles. The Balaban J connectivity index is 5.41. The van der Waals surface area contributed by atoms with Crippen molar-refractivity contribution in [3.05, 3.63) is 97.2 Å². The van der Waals surface area contributed by atoms with Gasteiger partial charge < -0.3 is 23.7 Å². The summed E-state index contributed by atoms with van der Waals surface area (Å²) >= 11 is 0. The van der Waals surface area contributed by atoms with E-state index in [1.807, 2.05) is 0 Å². The van der Waals surface area contributed by atoms with Gasteiger partial charge in [-0.1, -0.05) is 253 Å². The van der Waals surface area contributed by atoms with Crippen molar-refractivity contribution in [2.24, 2.45) is 0 Å². The third-order valence-corrected chi connectivity index (χ3v) is 15.4. The first-order valence-corrected chi connectivity index (χ1v) is 36.3. The second-order valence-corrected chi connectivity index (χ2v) is 24.0. The third-order valence-electron chi connectivity index (χ3n) is 15.4. The zero-order valence-electron chi connectivity index (χ0n) is 56.8. The van der Waals surface area contributed by atoms with Crippen molar-refractivity contribution in [1.29, 1.82) is 0 Å². The number of carbonyl (C=O) groups is 4. The molecule has 9 nitrogen and oxygen atoms in total. The molecular weight excluding hydrogens is 1080 g/mol. The Hall–Kier alpha value is -4.24. The van der Waals surface area contributed by atoms with Crippen molar-refractivity contribution in [3.8, 4) is 0 Å². The summed E-state index contributed by atoms with van der Waals surface area (Å²) in [6.45, 7) is 8.44. The summed E-state index contributed by atoms with van der Waals surface area (Å²) in [6.07, 6.45) is 83.9. The average Bonchev–Trinajstić information content (AvgIpc) is 3.54. The van der Waals surface area contributed by atoms with Gasteiger partial charge in [0.1, 0.15) is 25.9 Å². The summed E-state index contributed by atoms with van der Waals surface area (Å²) in [5.41, 5.74) is 0. The topological polar surface area (TPSA) is 114 Å². The zero-order chi connectivity index (χ0) is 63.1. The van der Waals surface area contributed by atoms with E-state index in [1.54, 1.807) is 0 Å². The molecule has 0 N–H and O–H groups in total. The third kappa shape index (κ3) is 67.5. The molecule has 0 aromatic rings. The Morgan fingerprint density at radius 1 is 0.241 bits per heavy atom. The van der Waals surface area contributed by atoms with E-state index in [-0.39, 0.29) is 63.1 Å². The smallest absolute Gasteiger partial charge is 0.306 e. The van der Waals surface area contributed by atoms with Crippen LogP contribution in [0.5, 0.6) is 0 Å². The molecule has 87 heavy (non-hydrogen) atoms. The van der Waals surface area contributed by atoms with Gasteiger partial charge in [-0.25, -0.2) is 0 Å². The second-order valence-electron chi connectivity index (χ2n) is 24.0. The zero-order valence-corrected chi connectivity index (χ0v) is 56.8. The summed E-state index contributed by atoms with van der Waals surface area (Å²) in [6, 6.07) is 0. The monoisotopic (exact) mass is 1220 g/mol. The average molecular weight is 1220 g/mol. The van der Waals surface area contributed by atoms with Crippen LogP contribution in [-0.4, -0.2) is 62.5 Å². The quantitative estimate of drug-likeness (QED) is 0.0254. The predicted octanol–water partition coefficient (Wildman–Crippen LogP) is 23.2. The minimum absolute atomic E-state index is 0.111. The van der Waals surface area contributed by atoms with Gasteiger partial charge in [0.25, 0.3) is 0 Å². The normalized spacial score (nSPS) is 12.9. The SMILES string of the molecule is CCCCCC=CCC=CCCCCCCCC(=O)OCC(COC(=O)CCCCCCCC=CCC=CCCCCC)OCC(COC(=O)CCCCCCCC=CCC=CCCCCC)OC(=O)CCCCCCCC=CCC=CCCCCC. The molecule has 0 saturated heterocycles. The van der Waals surface area contributed by atoms with Crippen molar-refractivity contribution in [3.63, 3.8) is 0 Å². The van der Waals surface area contributed by atoms with Crippen LogP contribution >= 0.6 is 0 Å². The van der Waals surface area contributed by atoms with Crippen LogP contribution in [0.15, 0.2) is 97.2 Å². The number of ether oxygens (including phenoxy) is 5. The molecule has 0 heterocycles. The van der Waals surface area contributed by atoms with Gasteiger partial charge in [0.2, 0.25) is 0 Å². The molecule has 0 amide bonds. The van der Waals surface area contributed by atoms with E-state index in [9.17, 15) is 19.2 Å². The predicted molar refractivity (Wildman–Crippen MR) is 370 cm³/mol. The first kappa shape index (κ1) is 82.8. The minimum Gasteiger partial charge on any atom is -0.463 e. The molecule has 0 radical (unpaired) electrons. The largest absolute Gasteiger partial charge is 0.463 e. The van der Waals surface area contributed by atoms with Crippen molar-refractivity contribution < 1.29 is 42.9 Å². The molecule has 0 spiro atoms. The van der Waals surface area contributed by atoms with Crippen molar-refractivity contribution in [2.75, 3.05) is 26.4 Å². The number of allylic oxidation sites excluding steroid dienone is 16. The Labute approximate surface area is 536 Å². The lowest BCUT2D eigenvalue weighted by molar-refractivity contribution is -0.169. The second kappa shape index (κ2) is 70.8. The van der Waals surface area contributed by atoms with Gasteiger partial charge in [-0.15, -0.1) is 0 Å². The van der Waals surface area contributed by atoms with Gasteiger partial charge in [0.15, 0.2) is 6.10 Å². The van der Waals surface area contributed by atoms with Gasteiger partial charge in [0, 0.05) is 25.7 Å². The first-order chi connectivity index (χ1) is 42.9. The Morgan fingerprint density at radius 2 is 0.460 bits per heavy atom. The highest BCUT2D eigenvalue weighted by Crippen LogP contribution is 2.15. The molecule has 1 atom stereocenters. The number of carbonyl (C=O) groups excluding carboxylic acids is 4. The fourth-order valence-corrected chi connectivity index (χ4v) is 9.85. The highest BCUT2D eigenvalue weighted by Gasteiger charge is 2.22. The summed E-state index contributed by atoms with van der Waals surface area (Å²) in [5, 5.41) is 0. The molecule has 0 aliphatic rings. The van der Waals surface area contributed by atoms with Crippen LogP contribution in [0.2, 0.25) is 0 Å². The van der Waals surface area contributed by atoms with Gasteiger partial charge in [-0.2, -0.15) is 0 Å². The first-order valence-electron chi connectivity index (χ1n) is 36.3. The molecule has 0 fully saturated rings. The molecular formula is C78H134O9. The maximum Gasteiger partial charge on any atom is 0.306 e. The number of hydrogen-bond donors (Lipinski definition) is 0. The van der Waals surface area contributed by atoms with E-state index in [1.165, 1.54) is 103 Å². The molecule has 0 aromatic carbocycles. The fourth-order valence-electron chi connectivity index (χ4n) is 9.85. The van der Waals surface area contributed by atoms with Crippen molar-refractivity contribution in [1.82, 2.24) is 0 Å². The number of unbranched alkanes of at least 4 members (excludes halogenated alkanes) is 32. The lowest BCUT2D eigenvalue weighted by atomic mass is 10.1. The van der Waals surface area contributed by atoms with E-state index in [4.69, 9.17) is 23.7 Å². The van der Waals surface area contributed by atoms with Crippen molar-refractivity contribution in [2.45, 2.75) is 348 Å². The molecule has 1 unspecified atom stereocenters. The minimum atomic E-state index is -0.877. The van der Waals surface area contributed by atoms with E-state index in [0.29, 0.717) is 19.3 Å². The van der Waals surface area contributed by atoms with Crippen LogP contribution in [0, 0.1) is 0 Å². The van der Waals surface area contributed by atoms with Gasteiger partial charge in [0.05, 0.1) is 6.61 Å². The van der Waals surface area contributed by atoms with E-state index in [0.717, 1.165) is 173 Å². The van der Waals surface area contributed by atoms with E-state index < -0.39 is 12.2 Å². The van der Waals surface area contributed by atoms with Crippen LogP contribution in [0.4, 0.5) is 0 Å². The van der Waals surface area contributed by atoms with Crippen LogP contribution in [0.3, 0.4) is 0 Å². The van der Waals surface area contributed by atoms with E-state index in [2.05, 4.69) is 125 Å². The van der Waals surface area contributed by atoms with Gasteiger partial charge in [-0.05, 0) is 154 Å². The molecule has 0 rings (SSSR count). The lowest BCUT2D eigenvalue weighted by Crippen LogP contribution is -2.35. The highest BCUT2D eigenvalue weighted by molar-refractivity contribution is 5.71. The maximum atomic E-state index is 13.3. The Kier molecular flexibility index (Phi) is 67.4. The van der Waals surface area contributed by atoms with E-state index >= 15 is 0 Å². The molecule has 0 aromatic heterocycles. The highest BCUT2D eigenvalue weighted by atomic mass is 16.6. The standard InChI is InChI=1S/C78H134O9/c1-5-9-13-17-21-25-29-33-37-41-45-49-53-57-61-65-75(79)84-69-73(70-85-76(80)66-62-58-54-50-46-42-38-34-30-26-22-18-14-10-6-2)83-71-74(87-78(82)68-64-60-56-52-48-44-40-36-32-28-24-20-16-12-8-4)72-86-77(81)67-63-59-55-51-47-43-39-35-31-27-23-19-15-11-7-3/h21-28,33-40,73-74H,5-20,29-32,41-72H2,1-4H3. The summed E-state index contributed by atoms with van der Waals surface area (Å²) in [7, 11) is 0. The molecule has 0 aliphatic heterocycles. The van der Waals surface area contributed by atoms with Gasteiger partial charge >= 0.3 is 23.9 Å². The van der Waals surface area contributed by atoms with Crippen LogP contribution in [0.25, 0.3) is 0 Å². The maximum absolute atomic E-state index is 13.3. The van der Waals surface area contributed by atoms with Crippen molar-refractivity contribution >= 4 is 23.9 Å². The molecule has 0 bridgehead atoms. The van der Waals surface area contributed by atoms with Gasteiger partial charge in [-0.3, -0.25) is 19.2 Å². The summed E-state index contributed by atoms with van der Waals surface area (Å²) < 4.78 is 29.4. The number of esters is 4. The number of rotatable bonds is 66. The Morgan fingerprint density at radius 3 is 0.724 bits per heavy atom. The summed E-state index contributed by atoms with van der Waals surface area (Å²) in [4.78, 5) is 52.4. The molecule has 500 valence electrons. The lowest BCUT2D eigenvalue weighted by Gasteiger charge is -2.23. The molecule has 9 heteroatoms.